The number of rotatable bonds is 1. The van der Waals surface area contributed by atoms with Crippen LogP contribution in [0.15, 0.2) is 35.1 Å². The monoisotopic (exact) mass is 257 g/mol. The lowest BCUT2D eigenvalue weighted by atomic mass is 9.99. The highest BCUT2D eigenvalue weighted by atomic mass is 16.5. The third-order valence-corrected chi connectivity index (χ3v) is 3.13. The number of aryl methyl sites for hydroxylation is 1. The van der Waals surface area contributed by atoms with E-state index in [0.717, 1.165) is 0 Å². The van der Waals surface area contributed by atoms with Gasteiger partial charge in [-0.1, -0.05) is 18.2 Å². The van der Waals surface area contributed by atoms with Crippen LogP contribution >= 0.6 is 0 Å². The van der Waals surface area contributed by atoms with E-state index in [1.807, 2.05) is 0 Å². The quantitative estimate of drug-likeness (QED) is 0.761. The molecular formula is C14H11NO4. The summed E-state index contributed by atoms with van der Waals surface area (Å²) in [7, 11) is 0. The molecule has 5 heteroatoms. The Bertz CT molecular complexity index is 732. The lowest BCUT2D eigenvalue weighted by Gasteiger charge is -2.12. The minimum absolute atomic E-state index is 0.0592. The molecule has 2 heterocycles. The van der Waals surface area contributed by atoms with Crippen molar-refractivity contribution >= 4 is 5.97 Å². The van der Waals surface area contributed by atoms with E-state index in [2.05, 4.69) is 4.98 Å². The molecule has 0 amide bonds. The maximum atomic E-state index is 12.0. The molecule has 0 saturated carbocycles. The molecule has 96 valence electrons. The zero-order valence-electron chi connectivity index (χ0n) is 10.1. The van der Waals surface area contributed by atoms with Gasteiger partial charge in [0.05, 0.1) is 5.56 Å². The fourth-order valence-corrected chi connectivity index (χ4v) is 2.29. The molecule has 5 nitrogen and oxygen atoms in total. The number of aromatic hydroxyl groups is 1. The summed E-state index contributed by atoms with van der Waals surface area (Å²) in [4.78, 5) is 26.3. The molecular weight excluding hydrogens is 246 g/mol. The highest BCUT2D eigenvalue weighted by molar-refractivity contribution is 5.94. The lowest BCUT2D eigenvalue weighted by molar-refractivity contribution is 0.0451. The number of pyridine rings is 1. The van der Waals surface area contributed by atoms with Gasteiger partial charge in [-0.25, -0.2) is 4.79 Å². The van der Waals surface area contributed by atoms with E-state index in [1.165, 1.54) is 6.07 Å². The minimum atomic E-state index is -0.854. The maximum absolute atomic E-state index is 12.0. The first kappa shape index (κ1) is 11.5. The molecule has 0 aliphatic carbocycles. The van der Waals surface area contributed by atoms with Gasteiger partial charge < -0.3 is 14.8 Å². The van der Waals surface area contributed by atoms with Gasteiger partial charge in [-0.3, -0.25) is 4.79 Å². The van der Waals surface area contributed by atoms with E-state index >= 15 is 0 Å². The Morgan fingerprint density at radius 1 is 1.26 bits per heavy atom. The number of fused-ring (bicyclic) bond motifs is 1. The fraction of sp³-hybridized carbons (Fsp3) is 0.143. The number of nitrogens with one attached hydrogen (secondary N) is 1. The molecule has 1 aromatic heterocycles. The van der Waals surface area contributed by atoms with Crippen LogP contribution in [0.3, 0.4) is 0 Å². The number of hydrogen-bond donors (Lipinski definition) is 2. The van der Waals surface area contributed by atoms with Crippen molar-refractivity contribution in [1.29, 1.82) is 0 Å². The molecule has 0 saturated heterocycles. The SMILES string of the molecule is Cc1cc(O)c([C@@H]2OC(=O)c3ccccc32)c(=O)[nH]1. The number of aromatic nitrogens is 1. The molecule has 0 spiro atoms. The highest BCUT2D eigenvalue weighted by Crippen LogP contribution is 2.37. The number of benzene rings is 1. The van der Waals surface area contributed by atoms with Crippen molar-refractivity contribution in [1.82, 2.24) is 4.98 Å². The Hall–Kier alpha value is -2.56. The molecule has 0 radical (unpaired) electrons. The van der Waals surface area contributed by atoms with Gasteiger partial charge in [-0.15, -0.1) is 0 Å². The summed E-state index contributed by atoms with van der Waals surface area (Å²) in [5, 5.41) is 9.93. The van der Waals surface area contributed by atoms with Crippen molar-refractivity contribution in [2.75, 3.05) is 0 Å². The minimum Gasteiger partial charge on any atom is -0.507 e. The Morgan fingerprint density at radius 3 is 2.74 bits per heavy atom. The van der Waals surface area contributed by atoms with Crippen LogP contribution in [0.5, 0.6) is 5.75 Å². The Morgan fingerprint density at radius 2 is 2.00 bits per heavy atom. The van der Waals surface area contributed by atoms with Crippen molar-refractivity contribution < 1.29 is 14.6 Å². The van der Waals surface area contributed by atoms with Gasteiger partial charge in [0.2, 0.25) is 0 Å². The zero-order chi connectivity index (χ0) is 13.6. The summed E-state index contributed by atoms with van der Waals surface area (Å²) in [6.07, 6.45) is -0.854. The summed E-state index contributed by atoms with van der Waals surface area (Å²) in [5.74, 6) is -0.657. The second-order valence-corrected chi connectivity index (χ2v) is 4.45. The largest absolute Gasteiger partial charge is 0.507 e. The van der Waals surface area contributed by atoms with E-state index in [9.17, 15) is 14.7 Å². The molecule has 1 aliphatic heterocycles. The van der Waals surface area contributed by atoms with Gasteiger partial charge in [0.1, 0.15) is 11.3 Å². The maximum Gasteiger partial charge on any atom is 0.339 e. The van der Waals surface area contributed by atoms with Crippen LogP contribution in [0.1, 0.15) is 33.3 Å². The number of ether oxygens (including phenoxy) is 1. The third-order valence-electron chi connectivity index (χ3n) is 3.13. The van der Waals surface area contributed by atoms with Crippen molar-refractivity contribution in [2.45, 2.75) is 13.0 Å². The van der Waals surface area contributed by atoms with Gasteiger partial charge in [-0.2, -0.15) is 0 Å². The number of esters is 1. The predicted molar refractivity (Wildman–Crippen MR) is 67.2 cm³/mol. The van der Waals surface area contributed by atoms with E-state index in [4.69, 9.17) is 4.74 Å². The number of carbonyl (C=O) groups is 1. The summed E-state index contributed by atoms with van der Waals surface area (Å²) < 4.78 is 5.20. The van der Waals surface area contributed by atoms with Crippen molar-refractivity contribution in [2.24, 2.45) is 0 Å². The van der Waals surface area contributed by atoms with E-state index in [1.54, 1.807) is 31.2 Å². The first-order valence-corrected chi connectivity index (χ1v) is 5.80. The Balaban J connectivity index is 2.21. The van der Waals surface area contributed by atoms with Crippen LogP contribution < -0.4 is 5.56 Å². The molecule has 3 rings (SSSR count). The molecule has 1 aromatic carbocycles. The van der Waals surface area contributed by atoms with Crippen molar-refractivity contribution in [3.63, 3.8) is 0 Å². The van der Waals surface area contributed by atoms with E-state index in [0.29, 0.717) is 16.8 Å². The summed E-state index contributed by atoms with van der Waals surface area (Å²) in [6.45, 7) is 1.67. The molecule has 19 heavy (non-hydrogen) atoms. The molecule has 0 unspecified atom stereocenters. The van der Waals surface area contributed by atoms with Gasteiger partial charge >= 0.3 is 5.97 Å². The summed E-state index contributed by atoms with van der Waals surface area (Å²) in [6, 6.07) is 8.27. The van der Waals surface area contributed by atoms with Gasteiger partial charge in [0.15, 0.2) is 6.10 Å². The van der Waals surface area contributed by atoms with Crippen LogP contribution in [-0.4, -0.2) is 16.1 Å². The molecule has 1 atom stereocenters. The summed E-state index contributed by atoms with van der Waals surface area (Å²) in [5.41, 5.74) is 1.17. The smallest absolute Gasteiger partial charge is 0.339 e. The van der Waals surface area contributed by atoms with Crippen molar-refractivity contribution in [3.8, 4) is 5.75 Å². The molecule has 0 fully saturated rings. The Kier molecular flexibility index (Phi) is 2.41. The highest BCUT2D eigenvalue weighted by Gasteiger charge is 2.35. The van der Waals surface area contributed by atoms with Gasteiger partial charge in [0, 0.05) is 11.3 Å². The predicted octanol–water partition coefficient (Wildman–Crippen LogP) is 1.65. The first-order chi connectivity index (χ1) is 9.08. The van der Waals surface area contributed by atoms with Crippen molar-refractivity contribution in [3.05, 3.63) is 63.1 Å². The average Bonchev–Trinajstić information content (AvgIpc) is 2.67. The lowest BCUT2D eigenvalue weighted by Crippen LogP contribution is -2.18. The number of aromatic amines is 1. The zero-order valence-corrected chi connectivity index (χ0v) is 10.1. The van der Waals surface area contributed by atoms with E-state index in [-0.39, 0.29) is 11.3 Å². The topological polar surface area (TPSA) is 79.4 Å². The van der Waals surface area contributed by atoms with Crippen LogP contribution in [0, 0.1) is 6.92 Å². The average molecular weight is 257 g/mol. The Labute approximate surface area is 108 Å². The van der Waals surface area contributed by atoms with Gasteiger partial charge in [-0.05, 0) is 19.1 Å². The van der Waals surface area contributed by atoms with Crippen LogP contribution in [-0.2, 0) is 4.74 Å². The number of H-pyrrole nitrogens is 1. The molecule has 0 bridgehead atoms. The van der Waals surface area contributed by atoms with Crippen LogP contribution in [0.2, 0.25) is 0 Å². The second-order valence-electron chi connectivity index (χ2n) is 4.45. The number of hydrogen-bond acceptors (Lipinski definition) is 4. The molecule has 2 aromatic rings. The standard InChI is InChI=1S/C14H11NO4/c1-7-6-10(16)11(13(17)15-7)12-8-4-2-3-5-9(8)14(18)19-12/h2-6,12H,1H3,(H2,15,16,17)/t12-/m1/s1. The van der Waals surface area contributed by atoms with Crippen LogP contribution in [0.4, 0.5) is 0 Å². The second kappa shape index (κ2) is 3.98. The van der Waals surface area contributed by atoms with Crippen LogP contribution in [0.25, 0.3) is 0 Å². The van der Waals surface area contributed by atoms with E-state index < -0.39 is 17.6 Å². The number of cyclic esters (lactones) is 1. The number of carbonyl (C=O) groups excluding carboxylic acids is 1. The molecule has 1 aliphatic rings. The molecule has 2 N–H and O–H groups in total. The summed E-state index contributed by atoms with van der Waals surface area (Å²) >= 11 is 0. The third kappa shape index (κ3) is 1.71. The fourth-order valence-electron chi connectivity index (χ4n) is 2.29. The first-order valence-electron chi connectivity index (χ1n) is 5.80. The normalized spacial score (nSPS) is 17.1. The van der Waals surface area contributed by atoms with Gasteiger partial charge in [0.25, 0.3) is 5.56 Å².